The molecule has 2 atom stereocenters. The van der Waals surface area contributed by atoms with Crippen molar-refractivity contribution >= 4 is 17.3 Å². The van der Waals surface area contributed by atoms with Crippen LogP contribution in [0.2, 0.25) is 0 Å². The van der Waals surface area contributed by atoms with E-state index in [1.807, 2.05) is 23.1 Å². The van der Waals surface area contributed by atoms with Crippen LogP contribution >= 0.6 is 0 Å². The van der Waals surface area contributed by atoms with Gasteiger partial charge >= 0.3 is 0 Å². The topological polar surface area (TPSA) is 23.6 Å². The van der Waals surface area contributed by atoms with Crippen LogP contribution in [0.1, 0.15) is 33.9 Å². The Morgan fingerprint density at radius 1 is 0.735 bits per heavy atom. The van der Waals surface area contributed by atoms with Crippen LogP contribution in [0.5, 0.6) is 0 Å². The van der Waals surface area contributed by atoms with Gasteiger partial charge in [-0.1, -0.05) is 91.0 Å². The van der Waals surface area contributed by atoms with Gasteiger partial charge in [-0.2, -0.15) is 0 Å². The summed E-state index contributed by atoms with van der Waals surface area (Å²) in [5.74, 6) is 0.221. The van der Waals surface area contributed by atoms with Crippen molar-refractivity contribution in [3.05, 3.63) is 131 Å². The molecule has 0 N–H and O–H groups in total. The highest BCUT2D eigenvalue weighted by Crippen LogP contribution is 2.58. The van der Waals surface area contributed by atoms with Crippen LogP contribution in [-0.4, -0.2) is 12.5 Å². The maximum atomic E-state index is 14.7. The van der Waals surface area contributed by atoms with Crippen molar-refractivity contribution < 1.29 is 4.79 Å². The fraction of sp³-hybridized carbons (Fsp3) is 0.194. The maximum Gasteiger partial charge on any atom is 0.240 e. The summed E-state index contributed by atoms with van der Waals surface area (Å²) in [5, 5.41) is 0. The lowest BCUT2D eigenvalue weighted by Gasteiger charge is -2.52. The van der Waals surface area contributed by atoms with Gasteiger partial charge in [0.15, 0.2) is 0 Å². The molecule has 34 heavy (non-hydrogen) atoms. The number of fused-ring (bicyclic) bond motifs is 8. The van der Waals surface area contributed by atoms with Gasteiger partial charge in [-0.15, -0.1) is 0 Å². The number of hydrogen-bond acceptors (Lipinski definition) is 2. The Labute approximate surface area is 200 Å². The molecule has 3 nitrogen and oxygen atoms in total. The maximum absolute atomic E-state index is 14.7. The highest BCUT2D eigenvalue weighted by Gasteiger charge is 2.60. The highest BCUT2D eigenvalue weighted by molar-refractivity contribution is 6.10. The Balaban J connectivity index is 1.47. The van der Waals surface area contributed by atoms with E-state index in [1.54, 1.807) is 0 Å². The number of nitrogens with zero attached hydrogens (tertiary/aromatic N) is 2. The largest absolute Gasteiger partial charge is 0.362 e. The summed E-state index contributed by atoms with van der Waals surface area (Å²) in [6.07, 6.45) is 1.72. The predicted molar refractivity (Wildman–Crippen MR) is 136 cm³/mol. The Morgan fingerprint density at radius 2 is 1.41 bits per heavy atom. The number of carbonyl (C=O) groups is 1. The van der Waals surface area contributed by atoms with Crippen molar-refractivity contribution in [1.82, 2.24) is 0 Å². The zero-order valence-corrected chi connectivity index (χ0v) is 19.0. The molecule has 0 radical (unpaired) electrons. The molecule has 3 aliphatic rings. The van der Waals surface area contributed by atoms with Gasteiger partial charge in [0.1, 0.15) is 5.41 Å². The number of benzene rings is 4. The first-order chi connectivity index (χ1) is 16.8. The summed E-state index contributed by atoms with van der Waals surface area (Å²) in [6, 6.07) is 36.2. The minimum atomic E-state index is -0.643. The molecule has 3 aliphatic heterocycles. The number of para-hydroxylation sites is 2. The molecule has 0 bridgehead atoms. The van der Waals surface area contributed by atoms with E-state index >= 15 is 0 Å². The van der Waals surface area contributed by atoms with E-state index < -0.39 is 5.41 Å². The summed E-state index contributed by atoms with van der Waals surface area (Å²) < 4.78 is 0. The predicted octanol–water partition coefficient (Wildman–Crippen LogP) is 5.83. The van der Waals surface area contributed by atoms with Gasteiger partial charge in [0, 0.05) is 17.9 Å². The lowest BCUT2D eigenvalue weighted by molar-refractivity contribution is -0.124. The first-order valence-corrected chi connectivity index (χ1v) is 12.1. The molecule has 0 aliphatic carbocycles. The van der Waals surface area contributed by atoms with Gasteiger partial charge in [0.25, 0.3) is 0 Å². The van der Waals surface area contributed by atoms with Gasteiger partial charge in [-0.05, 0) is 52.8 Å². The van der Waals surface area contributed by atoms with Crippen molar-refractivity contribution in [2.75, 3.05) is 16.3 Å². The molecule has 3 heterocycles. The Kier molecular flexibility index (Phi) is 4.22. The van der Waals surface area contributed by atoms with E-state index in [-0.39, 0.29) is 11.9 Å². The minimum Gasteiger partial charge on any atom is -0.362 e. The molecule has 1 spiro atoms. The van der Waals surface area contributed by atoms with E-state index in [9.17, 15) is 4.79 Å². The summed E-state index contributed by atoms with van der Waals surface area (Å²) in [4.78, 5) is 19.3. The fourth-order valence-corrected chi connectivity index (χ4v) is 6.60. The van der Waals surface area contributed by atoms with Gasteiger partial charge < -0.3 is 9.80 Å². The van der Waals surface area contributed by atoms with Gasteiger partial charge in [-0.3, -0.25) is 4.79 Å². The molecule has 7 rings (SSSR count). The van der Waals surface area contributed by atoms with Crippen LogP contribution in [0.3, 0.4) is 0 Å². The van der Waals surface area contributed by atoms with E-state index in [1.165, 1.54) is 22.4 Å². The molecular weight excluding hydrogens is 416 g/mol. The molecule has 166 valence electrons. The number of anilines is 2. The molecule has 1 amide bonds. The second-order valence-electron chi connectivity index (χ2n) is 9.72. The normalized spacial score (nSPS) is 22.2. The fourth-order valence-electron chi connectivity index (χ4n) is 6.60. The molecule has 0 unspecified atom stereocenters. The second kappa shape index (κ2) is 7.33. The molecule has 0 saturated heterocycles. The third kappa shape index (κ3) is 2.61. The molecule has 4 aromatic carbocycles. The number of rotatable bonds is 2. The average molecular weight is 443 g/mol. The van der Waals surface area contributed by atoms with Gasteiger partial charge in [0.05, 0.1) is 12.6 Å². The minimum absolute atomic E-state index is 0.0122. The van der Waals surface area contributed by atoms with E-state index in [0.717, 1.165) is 36.2 Å². The van der Waals surface area contributed by atoms with Crippen molar-refractivity contribution in [2.24, 2.45) is 0 Å². The Bertz CT molecular complexity index is 1410. The van der Waals surface area contributed by atoms with Crippen LogP contribution in [0, 0.1) is 0 Å². The SMILES string of the molecule is O=C1N(Cc2ccccc2)c2ccccc2[C@]12Cc1ccccc1N1CCc3ccccc3[C@H]12. The first-order valence-electron chi connectivity index (χ1n) is 12.1. The molecule has 0 aromatic heterocycles. The molecule has 4 aromatic rings. The molecular formula is C31H26N2O. The van der Waals surface area contributed by atoms with E-state index in [2.05, 4.69) is 89.8 Å². The van der Waals surface area contributed by atoms with Crippen LogP contribution < -0.4 is 9.80 Å². The van der Waals surface area contributed by atoms with Crippen molar-refractivity contribution in [3.63, 3.8) is 0 Å². The first kappa shape index (κ1) is 19.6. The summed E-state index contributed by atoms with van der Waals surface area (Å²) in [7, 11) is 0. The standard InChI is InChI=1S/C31H26N2O/c34-30-31(26-15-7-9-17-28(26)33(30)21-22-10-2-1-3-11-22)20-24-13-5-8-16-27(24)32-19-18-23-12-4-6-14-25(23)29(31)32/h1-17,29H,18-21H2/t29-,31-/m0/s1. The Hall–Kier alpha value is -3.85. The van der Waals surface area contributed by atoms with Gasteiger partial charge in [-0.25, -0.2) is 0 Å². The van der Waals surface area contributed by atoms with Crippen molar-refractivity contribution in [3.8, 4) is 0 Å². The number of hydrogen-bond donors (Lipinski definition) is 0. The summed E-state index contributed by atoms with van der Waals surface area (Å²) >= 11 is 0. The average Bonchev–Trinajstić information content (AvgIpc) is 3.12. The van der Waals surface area contributed by atoms with E-state index in [0.29, 0.717) is 6.54 Å². The zero-order valence-electron chi connectivity index (χ0n) is 19.0. The number of carbonyl (C=O) groups excluding carboxylic acids is 1. The van der Waals surface area contributed by atoms with Crippen LogP contribution in [0.25, 0.3) is 0 Å². The van der Waals surface area contributed by atoms with Gasteiger partial charge in [0.2, 0.25) is 5.91 Å². The van der Waals surface area contributed by atoms with Crippen LogP contribution in [0.15, 0.2) is 103 Å². The monoisotopic (exact) mass is 442 g/mol. The lowest BCUT2D eigenvalue weighted by atomic mass is 9.64. The van der Waals surface area contributed by atoms with E-state index in [4.69, 9.17) is 0 Å². The quantitative estimate of drug-likeness (QED) is 0.390. The van der Waals surface area contributed by atoms with Crippen LogP contribution in [-0.2, 0) is 29.6 Å². The zero-order chi connectivity index (χ0) is 22.7. The second-order valence-corrected chi connectivity index (χ2v) is 9.72. The third-order valence-corrected chi connectivity index (χ3v) is 8.01. The third-order valence-electron chi connectivity index (χ3n) is 8.01. The summed E-state index contributed by atoms with van der Waals surface area (Å²) in [5.41, 5.74) is 7.94. The molecule has 0 saturated carbocycles. The smallest absolute Gasteiger partial charge is 0.240 e. The number of amides is 1. The highest BCUT2D eigenvalue weighted by atomic mass is 16.2. The van der Waals surface area contributed by atoms with Crippen LogP contribution in [0.4, 0.5) is 11.4 Å². The van der Waals surface area contributed by atoms with Crippen molar-refractivity contribution in [2.45, 2.75) is 30.8 Å². The van der Waals surface area contributed by atoms with Crippen molar-refractivity contribution in [1.29, 1.82) is 0 Å². The summed E-state index contributed by atoms with van der Waals surface area (Å²) in [6.45, 7) is 1.52. The lowest BCUT2D eigenvalue weighted by Crippen LogP contribution is -2.56. The Morgan fingerprint density at radius 3 is 2.26 bits per heavy atom. The molecule has 0 fully saturated rings. The molecule has 3 heteroatoms.